The van der Waals surface area contributed by atoms with Crippen LogP contribution < -0.4 is 90.8 Å². The lowest BCUT2D eigenvalue weighted by Gasteiger charge is -2.29. The third-order valence-corrected chi connectivity index (χ3v) is 22.9. The molecule has 0 aliphatic heterocycles. The number of carbonyl (C=O) groups excluding carboxylic acids is 14. The monoisotopic (exact) mass is 2110 g/mol. The average molecular weight is 2110 g/mol. The van der Waals surface area contributed by atoms with Crippen LogP contribution in [0.1, 0.15) is 130 Å². The number of guanidine groups is 1. The highest BCUT2D eigenvalue weighted by molar-refractivity contribution is 7.80. The summed E-state index contributed by atoms with van der Waals surface area (Å²) in [4.78, 5) is 247. The number of para-hydroxylation sites is 2. The number of imidazole rings is 1. The molecule has 5 rings (SSSR count). The number of amides is 14. The number of aliphatic carboxylic acids is 3. The number of fused-ring (bicyclic) bond motifs is 2. The Morgan fingerprint density at radius 3 is 1.41 bits per heavy atom. The molecular formula is C93H143N25O27S2. The molecule has 0 aliphatic carbocycles. The molecule has 2 aromatic carbocycles. The lowest BCUT2D eigenvalue weighted by atomic mass is 9.98. The largest absolute Gasteiger partial charge is 0.481 e. The van der Waals surface area contributed by atoms with Gasteiger partial charge in [-0.1, -0.05) is 83.1 Å². The van der Waals surface area contributed by atoms with E-state index in [1.165, 1.54) is 19.4 Å². The molecule has 14 atom stereocenters. The van der Waals surface area contributed by atoms with E-state index in [-0.39, 0.29) is 174 Å². The smallest absolute Gasteiger partial charge is 0.328 e. The van der Waals surface area contributed by atoms with Crippen molar-refractivity contribution >= 4 is 154 Å². The first kappa shape index (κ1) is 124. The Balaban J connectivity index is 1.13. The van der Waals surface area contributed by atoms with Crippen LogP contribution in [0.5, 0.6) is 0 Å². The molecule has 54 heteroatoms. The highest BCUT2D eigenvalue weighted by Gasteiger charge is 2.39. The van der Waals surface area contributed by atoms with Crippen LogP contribution in [0, 0.1) is 23.2 Å². The third-order valence-electron chi connectivity index (χ3n) is 22.2. The van der Waals surface area contributed by atoms with E-state index in [0.717, 1.165) is 6.92 Å². The van der Waals surface area contributed by atoms with E-state index in [9.17, 15) is 102 Å². The number of thiol groups is 2. The van der Waals surface area contributed by atoms with Crippen molar-refractivity contribution in [1.29, 1.82) is 5.41 Å². The molecule has 14 amide bonds. The van der Waals surface area contributed by atoms with Crippen LogP contribution in [0.4, 0.5) is 0 Å². The van der Waals surface area contributed by atoms with Crippen LogP contribution in [0.3, 0.4) is 0 Å². The fraction of sp³-hybridized carbons (Fsp3) is 0.602. The molecular weight excluding hydrogens is 1960 g/mol. The number of nitrogens with zero attached hydrogens (tertiary/aromatic N) is 4. The fourth-order valence-electron chi connectivity index (χ4n) is 14.7. The minimum Gasteiger partial charge on any atom is -0.481 e. The number of hydrogen-bond donors (Lipinski definition) is 27. The van der Waals surface area contributed by atoms with Crippen molar-refractivity contribution in [2.45, 2.75) is 217 Å². The van der Waals surface area contributed by atoms with Gasteiger partial charge < -0.3 is 155 Å². The maximum atomic E-state index is 15.0. The van der Waals surface area contributed by atoms with E-state index < -0.39 is 223 Å². The predicted molar refractivity (Wildman–Crippen MR) is 540 cm³/mol. The van der Waals surface area contributed by atoms with E-state index in [1.54, 1.807) is 88.6 Å². The average Bonchev–Trinajstić information content (AvgIpc) is 1.41. The Bertz CT molecular complexity index is 5120. The Morgan fingerprint density at radius 2 is 0.905 bits per heavy atom. The summed E-state index contributed by atoms with van der Waals surface area (Å²) in [5, 5.41) is 93.0. The van der Waals surface area contributed by atoms with Crippen molar-refractivity contribution in [3.8, 4) is 0 Å². The summed E-state index contributed by atoms with van der Waals surface area (Å²) in [5.41, 5.74) is 16.5. The first-order valence-electron chi connectivity index (χ1n) is 48.2. The lowest BCUT2D eigenvalue weighted by molar-refractivity contribution is -0.145. The number of aliphatic hydroxyl groups is 1. The van der Waals surface area contributed by atoms with Gasteiger partial charge in [0.2, 0.25) is 82.7 Å². The number of aliphatic hydroxyl groups excluding tert-OH is 1. The van der Waals surface area contributed by atoms with E-state index in [1.807, 2.05) is 13.8 Å². The number of rotatable bonds is 76. The van der Waals surface area contributed by atoms with Crippen molar-refractivity contribution in [3.05, 3.63) is 101 Å². The van der Waals surface area contributed by atoms with Gasteiger partial charge in [-0.2, -0.15) is 25.3 Å². The summed E-state index contributed by atoms with van der Waals surface area (Å²) in [6, 6.07) is -4.22. The second-order valence-corrected chi connectivity index (χ2v) is 36.3. The van der Waals surface area contributed by atoms with Crippen LogP contribution >= 0.6 is 25.3 Å². The van der Waals surface area contributed by atoms with E-state index in [2.05, 4.69) is 140 Å². The Kier molecular flexibility index (Phi) is 57.6. The van der Waals surface area contributed by atoms with Crippen LogP contribution in [0.25, 0.3) is 32.2 Å². The number of aromatic nitrogens is 4. The SMILES string of the molecule is CC(C)C[C@@H](CNCC(=O)N[C@@H](CCC(=O)O)C(=O)N[C@@H](CC(C)C)C(=O)N[C@H](C(=O)N[C@@H](Cc1c[nH]c2ccccc12)C(=O)N[C@@H](CS)C(=O)N[C@H](C(=O)O)[C@@H](C)O)C(C)C)NC(=O)[C@H](Cc1c[nH]cn1)NC(=O)[C@H](Cc1c[nH]c2ccccc12)NC(=O)[C@H](C)NC(=O)[C@H](CS)NC(=O)[C@H](CC(=O)O)NC(=O)CCOCCOCCOCCOCCOCCOCCNC(=O)[C@@H](CCCNC(=N)N)NC(=O)CCN=[N+]=[N-]. The molecule has 26 N–H and O–H groups in total. The summed E-state index contributed by atoms with van der Waals surface area (Å²) in [7, 11) is 0. The Labute approximate surface area is 860 Å². The molecule has 52 nitrogen and oxygen atoms in total. The zero-order chi connectivity index (χ0) is 108. The maximum absolute atomic E-state index is 15.0. The Morgan fingerprint density at radius 1 is 0.456 bits per heavy atom. The standard InChI is InChI=1S/C93H143N25O27S2/c1-52(2)38-60(47-97-48-76(122)108-66(19-20-77(123)124)83(129)111-67(39-53(3)4)88(134)116-79(54(5)6)91(137)113-69(41-58-45-102-64-17-12-10-15-62(58)64)86(132)115-73(50-147)90(136)117-80(56(8)119)92(138)139)106-84(130)70(42-59-46-98-51-103-59)112-85(131)68(40-57-44-101-63-16-11-9-14-61(57)63)110-81(127)55(7)105-89(135)72(49-146)114-87(133)71(43-78(125)126)109-75(121)22-26-140-28-30-142-32-34-144-36-37-145-35-33-143-31-29-141-27-25-99-82(128)65(18-13-23-100-93(94)95)107-74(120)21-24-104-118-96/h9-12,14-17,44-46,51-56,60,65-73,79-80,97,101-102,119,146-147H,13,18-43,47-50H2,1-8H3,(H,98,103)(H,99,128)(H,105,135)(H,106,130)(H,107,120)(H,108,122)(H,109,121)(H,110,127)(H,111,129)(H,112,131)(H,113,137)(H,114,133)(H,115,132)(H,116,134)(H,117,136)(H,123,124)(H,125,126)(H,138,139)(H4,94,95,100)/t55-,56+,60-,65+,66-,67-,68-,69-,70-,71-,72-,73-,79-,80-/m0/s1. The van der Waals surface area contributed by atoms with Gasteiger partial charge in [0, 0.05) is 128 Å². The first-order valence-corrected chi connectivity index (χ1v) is 49.5. The number of carboxylic acid groups (broad SMARTS) is 3. The van der Waals surface area contributed by atoms with Crippen molar-refractivity contribution in [3.63, 3.8) is 0 Å². The molecule has 3 heterocycles. The highest BCUT2D eigenvalue weighted by Crippen LogP contribution is 2.23. The number of ether oxygens (including phenoxy) is 6. The van der Waals surface area contributed by atoms with E-state index in [0.29, 0.717) is 51.6 Å². The van der Waals surface area contributed by atoms with Gasteiger partial charge >= 0.3 is 17.9 Å². The zero-order valence-corrected chi connectivity index (χ0v) is 85.4. The van der Waals surface area contributed by atoms with Crippen molar-refractivity contribution in [1.82, 2.24) is 105 Å². The number of hydrogen-bond acceptors (Lipinski definition) is 30. The Hall–Kier alpha value is -13.3. The van der Waals surface area contributed by atoms with Gasteiger partial charge in [-0.05, 0) is 92.5 Å². The van der Waals surface area contributed by atoms with Gasteiger partial charge in [-0.15, -0.1) is 0 Å². The van der Waals surface area contributed by atoms with Crippen LogP contribution in [-0.4, -0.2) is 355 Å². The molecule has 147 heavy (non-hydrogen) atoms. The summed E-state index contributed by atoms with van der Waals surface area (Å²) in [5.74, 6) is -18.2. The molecule has 0 saturated carbocycles. The quantitative estimate of drug-likeness (QED) is 0.00358. The van der Waals surface area contributed by atoms with Gasteiger partial charge in [-0.25, -0.2) is 9.78 Å². The van der Waals surface area contributed by atoms with Crippen LogP contribution in [0.15, 0.2) is 78.6 Å². The van der Waals surface area contributed by atoms with Crippen LogP contribution in [0.2, 0.25) is 0 Å². The fourth-order valence-corrected chi connectivity index (χ4v) is 15.2. The number of H-pyrrole nitrogens is 3. The summed E-state index contributed by atoms with van der Waals surface area (Å²) >= 11 is 8.44. The summed E-state index contributed by atoms with van der Waals surface area (Å²) in [6.45, 7) is 14.8. The molecule has 0 spiro atoms. The molecule has 5 aromatic rings. The number of nitrogens with two attached hydrogens (primary N) is 1. The van der Waals surface area contributed by atoms with Gasteiger partial charge in [0.1, 0.15) is 66.5 Å². The number of aromatic amines is 3. The summed E-state index contributed by atoms with van der Waals surface area (Å²) < 4.78 is 33.1. The van der Waals surface area contributed by atoms with Gasteiger partial charge in [0.25, 0.3) is 0 Å². The normalized spacial score (nSPS) is 14.2. The number of carbonyl (C=O) groups is 17. The van der Waals surface area contributed by atoms with Gasteiger partial charge in [-0.3, -0.25) is 82.1 Å². The first-order chi connectivity index (χ1) is 70.1. The number of carboxylic acids is 3. The second kappa shape index (κ2) is 68.2. The molecule has 0 aliphatic rings. The molecule has 3 aromatic heterocycles. The minimum absolute atomic E-state index is 0.0512. The predicted octanol–water partition coefficient (Wildman–Crippen LogP) is -2.71. The lowest BCUT2D eigenvalue weighted by Crippen LogP contribution is -2.61. The molecule has 0 fully saturated rings. The maximum Gasteiger partial charge on any atom is 0.328 e. The topological polar surface area (TPSA) is 778 Å². The number of benzene rings is 2. The second-order valence-electron chi connectivity index (χ2n) is 35.5. The van der Waals surface area contributed by atoms with Crippen LogP contribution in [-0.2, 0) is 129 Å². The van der Waals surface area contributed by atoms with Gasteiger partial charge in [0.15, 0.2) is 12.0 Å². The zero-order valence-electron chi connectivity index (χ0n) is 83.6. The van der Waals surface area contributed by atoms with Crippen molar-refractivity contribution in [2.24, 2.45) is 28.6 Å². The van der Waals surface area contributed by atoms with Crippen molar-refractivity contribution < 1.29 is 130 Å². The number of azide groups is 1. The molecule has 814 valence electrons. The molecule has 0 saturated heterocycles. The molecule has 0 bridgehead atoms. The molecule has 0 radical (unpaired) electrons. The summed E-state index contributed by atoms with van der Waals surface area (Å²) in [6.07, 6.45) is 2.43. The van der Waals surface area contributed by atoms with Gasteiger partial charge in [0.05, 0.1) is 110 Å². The molecule has 0 unspecified atom stereocenters. The highest BCUT2D eigenvalue weighted by atomic mass is 32.1. The van der Waals surface area contributed by atoms with Crippen molar-refractivity contribution in [2.75, 3.05) is 124 Å². The van der Waals surface area contributed by atoms with E-state index in [4.69, 9.17) is 45.1 Å². The van der Waals surface area contributed by atoms with E-state index >= 15 is 0 Å². The third kappa shape index (κ3) is 48.3. The minimum atomic E-state index is -1.76. The number of nitrogens with one attached hydrogen (secondary N) is 20.